The zero-order valence-electron chi connectivity index (χ0n) is 7.37. The maximum Gasteiger partial charge on any atom is 0.336 e. The quantitative estimate of drug-likeness (QED) is 0.873. The first-order valence-electron chi connectivity index (χ1n) is 4.37. The lowest BCUT2D eigenvalue weighted by Gasteiger charge is -2.08. The highest BCUT2D eigenvalue weighted by Crippen LogP contribution is 2.31. The number of benzene rings is 1. The molecule has 1 aliphatic carbocycles. The molecular formula is C10H9IO3. The molecule has 0 aromatic heterocycles. The van der Waals surface area contributed by atoms with Crippen molar-refractivity contribution < 1.29 is 14.6 Å². The number of ether oxygens (including phenoxy) is 1. The van der Waals surface area contributed by atoms with Crippen LogP contribution in [0.2, 0.25) is 0 Å². The number of hydrogen-bond acceptors (Lipinski definition) is 2. The molecule has 1 aromatic rings. The highest BCUT2D eigenvalue weighted by Gasteiger charge is 2.25. The van der Waals surface area contributed by atoms with E-state index in [0.29, 0.717) is 21.0 Å². The third kappa shape index (κ3) is 2.00. The van der Waals surface area contributed by atoms with E-state index < -0.39 is 5.97 Å². The zero-order valence-corrected chi connectivity index (χ0v) is 9.52. The third-order valence-corrected chi connectivity index (χ3v) is 3.12. The number of rotatable bonds is 3. The molecule has 0 unspecified atom stereocenters. The summed E-state index contributed by atoms with van der Waals surface area (Å²) in [4.78, 5) is 10.8. The summed E-state index contributed by atoms with van der Waals surface area (Å²) in [6.07, 6.45) is 2.45. The monoisotopic (exact) mass is 304 g/mol. The summed E-state index contributed by atoms with van der Waals surface area (Å²) in [5, 5.41) is 8.88. The van der Waals surface area contributed by atoms with Crippen LogP contribution in [0.15, 0.2) is 18.2 Å². The number of carbonyl (C=O) groups is 1. The lowest BCUT2D eigenvalue weighted by atomic mass is 10.2. The van der Waals surface area contributed by atoms with E-state index in [1.54, 1.807) is 12.1 Å². The molecule has 0 aliphatic heterocycles. The molecule has 1 fully saturated rings. The number of aromatic carboxylic acids is 1. The van der Waals surface area contributed by atoms with Crippen molar-refractivity contribution in [1.82, 2.24) is 0 Å². The Hall–Kier alpha value is -0.780. The van der Waals surface area contributed by atoms with E-state index in [4.69, 9.17) is 9.84 Å². The van der Waals surface area contributed by atoms with Crippen LogP contribution < -0.4 is 4.74 Å². The minimum Gasteiger partial charge on any atom is -0.489 e. The molecular weight excluding hydrogens is 295 g/mol. The van der Waals surface area contributed by atoms with Crippen LogP contribution in [0.1, 0.15) is 23.2 Å². The number of carboxylic acid groups (broad SMARTS) is 1. The van der Waals surface area contributed by atoms with Gasteiger partial charge in [-0.25, -0.2) is 4.79 Å². The van der Waals surface area contributed by atoms with Crippen LogP contribution in [-0.4, -0.2) is 17.2 Å². The topological polar surface area (TPSA) is 46.5 Å². The molecule has 0 radical (unpaired) electrons. The lowest BCUT2D eigenvalue weighted by molar-refractivity contribution is 0.0695. The molecule has 0 bridgehead atoms. The van der Waals surface area contributed by atoms with Gasteiger partial charge in [0.15, 0.2) is 0 Å². The van der Waals surface area contributed by atoms with Crippen LogP contribution in [0.3, 0.4) is 0 Å². The second-order valence-corrected chi connectivity index (χ2v) is 4.32. The highest BCUT2D eigenvalue weighted by molar-refractivity contribution is 14.1. The van der Waals surface area contributed by atoms with E-state index in [1.807, 2.05) is 28.7 Å². The molecule has 74 valence electrons. The normalized spacial score (nSPS) is 15.2. The summed E-state index contributed by atoms with van der Waals surface area (Å²) in [6.45, 7) is 0. The van der Waals surface area contributed by atoms with Gasteiger partial charge < -0.3 is 9.84 Å². The van der Waals surface area contributed by atoms with Gasteiger partial charge in [0.05, 0.1) is 15.2 Å². The maximum atomic E-state index is 10.8. The van der Waals surface area contributed by atoms with Gasteiger partial charge in [0.1, 0.15) is 5.75 Å². The van der Waals surface area contributed by atoms with Crippen LogP contribution in [0.25, 0.3) is 0 Å². The fourth-order valence-corrected chi connectivity index (χ4v) is 1.85. The molecule has 14 heavy (non-hydrogen) atoms. The average molecular weight is 304 g/mol. The first-order valence-corrected chi connectivity index (χ1v) is 5.45. The van der Waals surface area contributed by atoms with Crippen molar-refractivity contribution in [2.45, 2.75) is 18.9 Å². The fourth-order valence-electron chi connectivity index (χ4n) is 1.13. The van der Waals surface area contributed by atoms with Gasteiger partial charge in [-0.05, 0) is 47.6 Å². The standard InChI is InChI=1S/C10H9IO3/c11-9-7(10(12)13)2-1-3-8(9)14-6-4-5-6/h1-3,6H,4-5H2,(H,12,13). The number of carboxylic acids is 1. The van der Waals surface area contributed by atoms with E-state index in [0.717, 1.165) is 12.8 Å². The Morgan fingerprint density at radius 2 is 2.21 bits per heavy atom. The van der Waals surface area contributed by atoms with Crippen molar-refractivity contribution in [3.63, 3.8) is 0 Å². The van der Waals surface area contributed by atoms with Crippen molar-refractivity contribution in [3.8, 4) is 5.75 Å². The molecule has 4 heteroatoms. The molecule has 0 atom stereocenters. The van der Waals surface area contributed by atoms with Crippen molar-refractivity contribution >= 4 is 28.6 Å². The van der Waals surface area contributed by atoms with E-state index >= 15 is 0 Å². The Morgan fingerprint density at radius 3 is 2.79 bits per heavy atom. The lowest BCUT2D eigenvalue weighted by Crippen LogP contribution is -2.04. The second-order valence-electron chi connectivity index (χ2n) is 3.24. The van der Waals surface area contributed by atoms with Crippen LogP contribution in [-0.2, 0) is 0 Å². The molecule has 1 aromatic carbocycles. The molecule has 0 saturated heterocycles. The molecule has 1 saturated carbocycles. The summed E-state index contributed by atoms with van der Waals surface area (Å²) >= 11 is 2.01. The molecule has 0 spiro atoms. The molecule has 0 amide bonds. The van der Waals surface area contributed by atoms with Crippen LogP contribution >= 0.6 is 22.6 Å². The van der Waals surface area contributed by atoms with E-state index in [2.05, 4.69) is 0 Å². The SMILES string of the molecule is O=C(O)c1cccc(OC2CC2)c1I. The Morgan fingerprint density at radius 1 is 1.50 bits per heavy atom. The fraction of sp³-hybridized carbons (Fsp3) is 0.300. The van der Waals surface area contributed by atoms with Crippen molar-refractivity contribution in [1.29, 1.82) is 0 Å². The zero-order chi connectivity index (χ0) is 10.1. The Labute approximate surface area is 95.2 Å². The van der Waals surface area contributed by atoms with Gasteiger partial charge in [-0.1, -0.05) is 6.07 Å². The van der Waals surface area contributed by atoms with Crippen LogP contribution in [0.4, 0.5) is 0 Å². The number of hydrogen-bond donors (Lipinski definition) is 1. The highest BCUT2D eigenvalue weighted by atomic mass is 127. The van der Waals surface area contributed by atoms with Crippen LogP contribution in [0, 0.1) is 3.57 Å². The summed E-state index contributed by atoms with van der Waals surface area (Å²) in [5.41, 5.74) is 0.309. The van der Waals surface area contributed by atoms with E-state index in [-0.39, 0.29) is 0 Å². The second kappa shape index (κ2) is 3.76. The van der Waals surface area contributed by atoms with Crippen molar-refractivity contribution in [3.05, 3.63) is 27.3 Å². The minimum atomic E-state index is -0.907. The van der Waals surface area contributed by atoms with E-state index in [1.165, 1.54) is 0 Å². The van der Waals surface area contributed by atoms with Gasteiger partial charge in [-0.3, -0.25) is 0 Å². The van der Waals surface area contributed by atoms with Gasteiger partial charge in [-0.15, -0.1) is 0 Å². The first kappa shape index (κ1) is 9.76. The Kier molecular flexibility index (Phi) is 2.62. The summed E-state index contributed by atoms with van der Waals surface area (Å²) < 4.78 is 6.26. The smallest absolute Gasteiger partial charge is 0.336 e. The van der Waals surface area contributed by atoms with Gasteiger partial charge in [0, 0.05) is 0 Å². The largest absolute Gasteiger partial charge is 0.489 e. The molecule has 2 rings (SSSR count). The molecule has 3 nitrogen and oxygen atoms in total. The minimum absolute atomic E-state index is 0.299. The van der Waals surface area contributed by atoms with Crippen LogP contribution in [0.5, 0.6) is 5.75 Å². The summed E-state index contributed by atoms with van der Waals surface area (Å²) in [7, 11) is 0. The third-order valence-electron chi connectivity index (χ3n) is 2.01. The Bertz CT molecular complexity index is 372. The number of halogens is 1. The van der Waals surface area contributed by atoms with Gasteiger partial charge in [-0.2, -0.15) is 0 Å². The molecule has 0 heterocycles. The Balaban J connectivity index is 2.30. The van der Waals surface area contributed by atoms with Crippen molar-refractivity contribution in [2.24, 2.45) is 0 Å². The first-order chi connectivity index (χ1) is 6.68. The maximum absolute atomic E-state index is 10.8. The average Bonchev–Trinajstić information content (AvgIpc) is 2.92. The predicted octanol–water partition coefficient (Wildman–Crippen LogP) is 2.53. The summed E-state index contributed by atoms with van der Waals surface area (Å²) in [5.74, 6) is -0.219. The van der Waals surface area contributed by atoms with E-state index in [9.17, 15) is 4.79 Å². The summed E-state index contributed by atoms with van der Waals surface area (Å²) in [6, 6.07) is 5.11. The molecule has 1 aliphatic rings. The van der Waals surface area contributed by atoms with Gasteiger partial charge in [0.25, 0.3) is 0 Å². The molecule has 1 N–H and O–H groups in total. The van der Waals surface area contributed by atoms with Gasteiger partial charge >= 0.3 is 5.97 Å². The predicted molar refractivity (Wildman–Crippen MR) is 59.8 cm³/mol. The van der Waals surface area contributed by atoms with Crippen molar-refractivity contribution in [2.75, 3.05) is 0 Å². The van der Waals surface area contributed by atoms with Gasteiger partial charge in [0.2, 0.25) is 0 Å².